The SMILES string of the molecule is [C-]#[N+]C[C@H]1CN(c2nc(OCC(C)N3CCCCC3)nc3c2CCN(c2cccc4ccc(F)c(Cl)c24)C3)CCN1C(=O)C(=C)F. The van der Waals surface area contributed by atoms with Gasteiger partial charge in [-0.15, -0.1) is 0 Å². The number of piperazine rings is 1. The molecule has 1 unspecified atom stereocenters. The predicted octanol–water partition coefficient (Wildman–Crippen LogP) is 5.66. The van der Waals surface area contributed by atoms with E-state index in [1.54, 1.807) is 6.07 Å². The molecule has 12 heteroatoms. The monoisotopic (exact) mass is 649 g/mol. The van der Waals surface area contributed by atoms with E-state index in [9.17, 15) is 13.6 Å². The summed E-state index contributed by atoms with van der Waals surface area (Å²) in [6.07, 6.45) is 4.21. The first-order chi connectivity index (χ1) is 22.2. The highest BCUT2D eigenvalue weighted by Crippen LogP contribution is 2.38. The summed E-state index contributed by atoms with van der Waals surface area (Å²) in [7, 11) is 0. The quantitative estimate of drug-likeness (QED) is 0.231. The number of ether oxygens (including phenoxy) is 1. The number of nitrogens with zero attached hydrogens (tertiary/aromatic N) is 7. The Morgan fingerprint density at radius 3 is 2.70 bits per heavy atom. The Balaban J connectivity index is 1.33. The first-order valence-corrected chi connectivity index (χ1v) is 16.2. The lowest BCUT2D eigenvalue weighted by molar-refractivity contribution is -0.131. The minimum Gasteiger partial charge on any atom is -0.462 e. The van der Waals surface area contributed by atoms with Crippen molar-refractivity contribution < 1.29 is 18.3 Å². The maximum absolute atomic E-state index is 14.6. The zero-order valence-corrected chi connectivity index (χ0v) is 26.8. The number of carbonyl (C=O) groups excluding carboxylic acids is 1. The van der Waals surface area contributed by atoms with Crippen molar-refractivity contribution in [3.05, 3.63) is 76.3 Å². The molecule has 3 aromatic rings. The Labute approximate surface area is 273 Å². The molecule has 4 heterocycles. The second kappa shape index (κ2) is 13.8. The van der Waals surface area contributed by atoms with Crippen molar-refractivity contribution in [3.63, 3.8) is 0 Å². The molecule has 1 aromatic heterocycles. The van der Waals surface area contributed by atoms with Gasteiger partial charge in [-0.05, 0) is 56.8 Å². The largest absolute Gasteiger partial charge is 0.462 e. The summed E-state index contributed by atoms with van der Waals surface area (Å²) in [5.74, 6) is -1.58. The molecule has 0 bridgehead atoms. The van der Waals surface area contributed by atoms with Gasteiger partial charge in [0.25, 0.3) is 5.91 Å². The topological polar surface area (TPSA) is 69.4 Å². The fourth-order valence-corrected chi connectivity index (χ4v) is 7.14. The van der Waals surface area contributed by atoms with E-state index in [2.05, 4.69) is 33.0 Å². The summed E-state index contributed by atoms with van der Waals surface area (Å²) < 4.78 is 34.7. The summed E-state index contributed by atoms with van der Waals surface area (Å²) in [5.41, 5.74) is 2.57. The summed E-state index contributed by atoms with van der Waals surface area (Å²) in [5, 5.41) is 1.60. The third-order valence-corrected chi connectivity index (χ3v) is 9.69. The van der Waals surface area contributed by atoms with E-state index in [1.165, 1.54) is 30.2 Å². The van der Waals surface area contributed by atoms with Crippen molar-refractivity contribution >= 4 is 39.8 Å². The van der Waals surface area contributed by atoms with Crippen LogP contribution < -0.4 is 14.5 Å². The number of amides is 1. The van der Waals surface area contributed by atoms with Crippen molar-refractivity contribution in [2.24, 2.45) is 0 Å². The Morgan fingerprint density at radius 2 is 1.93 bits per heavy atom. The van der Waals surface area contributed by atoms with Gasteiger partial charge in [0.05, 0.1) is 17.3 Å². The van der Waals surface area contributed by atoms with Crippen molar-refractivity contribution in [1.82, 2.24) is 19.8 Å². The van der Waals surface area contributed by atoms with Gasteiger partial charge in [0.2, 0.25) is 6.54 Å². The van der Waals surface area contributed by atoms with Crippen LogP contribution in [0.15, 0.2) is 42.7 Å². The van der Waals surface area contributed by atoms with Gasteiger partial charge >= 0.3 is 6.01 Å². The number of rotatable bonds is 8. The van der Waals surface area contributed by atoms with Gasteiger partial charge in [0.15, 0.2) is 5.83 Å². The zero-order valence-electron chi connectivity index (χ0n) is 26.0. The number of halogens is 3. The Bertz CT molecular complexity index is 1680. The van der Waals surface area contributed by atoms with Gasteiger partial charge in [0.1, 0.15) is 24.3 Å². The molecular weight excluding hydrogens is 612 g/mol. The minimum atomic E-state index is -1.03. The molecule has 242 valence electrons. The van der Waals surface area contributed by atoms with Gasteiger partial charge < -0.3 is 24.3 Å². The number of benzene rings is 2. The normalized spacial score (nSPS) is 19.5. The van der Waals surface area contributed by atoms with E-state index in [0.717, 1.165) is 35.4 Å². The van der Waals surface area contributed by atoms with Gasteiger partial charge in [-0.2, -0.15) is 9.97 Å². The predicted molar refractivity (Wildman–Crippen MR) is 176 cm³/mol. The molecule has 46 heavy (non-hydrogen) atoms. The highest BCUT2D eigenvalue weighted by molar-refractivity contribution is 6.36. The molecule has 3 aliphatic heterocycles. The fraction of sp³-hybridized carbons (Fsp3) is 0.471. The van der Waals surface area contributed by atoms with Gasteiger partial charge in [0, 0.05) is 48.9 Å². The molecule has 0 spiro atoms. The molecule has 6 rings (SSSR count). The molecular formula is C34H38ClF2N7O2. The smallest absolute Gasteiger partial charge is 0.318 e. The number of anilines is 2. The highest BCUT2D eigenvalue weighted by atomic mass is 35.5. The first-order valence-electron chi connectivity index (χ1n) is 15.9. The zero-order chi connectivity index (χ0) is 32.4. The molecule has 0 N–H and O–H groups in total. The third-order valence-electron chi connectivity index (χ3n) is 9.32. The molecule has 2 atom stereocenters. The van der Waals surface area contributed by atoms with Crippen LogP contribution in [0.5, 0.6) is 6.01 Å². The molecule has 0 saturated carbocycles. The molecule has 0 aliphatic carbocycles. The van der Waals surface area contributed by atoms with Gasteiger partial charge in [-0.25, -0.2) is 15.4 Å². The van der Waals surface area contributed by atoms with E-state index in [0.29, 0.717) is 50.4 Å². The van der Waals surface area contributed by atoms with E-state index in [1.807, 2.05) is 18.2 Å². The third kappa shape index (κ3) is 6.46. The fourth-order valence-electron chi connectivity index (χ4n) is 6.87. The van der Waals surface area contributed by atoms with Crippen molar-refractivity contribution in [2.75, 3.05) is 62.2 Å². The minimum absolute atomic E-state index is 0.0334. The summed E-state index contributed by atoms with van der Waals surface area (Å²) in [6.45, 7) is 17.3. The van der Waals surface area contributed by atoms with E-state index < -0.39 is 23.6 Å². The van der Waals surface area contributed by atoms with Crippen LogP contribution in [0.1, 0.15) is 37.4 Å². The summed E-state index contributed by atoms with van der Waals surface area (Å²) >= 11 is 6.49. The van der Waals surface area contributed by atoms with Crippen LogP contribution >= 0.6 is 11.6 Å². The lowest BCUT2D eigenvalue weighted by atomic mass is 10.0. The van der Waals surface area contributed by atoms with E-state index in [-0.39, 0.29) is 30.2 Å². The van der Waals surface area contributed by atoms with E-state index in [4.69, 9.17) is 32.9 Å². The van der Waals surface area contributed by atoms with Crippen LogP contribution in [0.25, 0.3) is 15.6 Å². The lowest BCUT2D eigenvalue weighted by Gasteiger charge is -2.41. The number of likely N-dealkylation sites (tertiary alicyclic amines) is 1. The van der Waals surface area contributed by atoms with Crippen LogP contribution in [-0.2, 0) is 17.8 Å². The second-order valence-corrected chi connectivity index (χ2v) is 12.6. The van der Waals surface area contributed by atoms with Crippen LogP contribution in [0.3, 0.4) is 0 Å². The molecule has 0 radical (unpaired) electrons. The Hall–Kier alpha value is -4.01. The Morgan fingerprint density at radius 1 is 1.13 bits per heavy atom. The van der Waals surface area contributed by atoms with Crippen LogP contribution in [0.2, 0.25) is 5.02 Å². The van der Waals surface area contributed by atoms with Crippen LogP contribution in [0, 0.1) is 12.4 Å². The van der Waals surface area contributed by atoms with E-state index >= 15 is 0 Å². The number of piperidine rings is 1. The molecule has 2 saturated heterocycles. The summed E-state index contributed by atoms with van der Waals surface area (Å²) in [4.78, 5) is 33.9. The summed E-state index contributed by atoms with van der Waals surface area (Å²) in [6, 6.07) is 8.85. The van der Waals surface area contributed by atoms with Crippen molar-refractivity contribution in [2.45, 2.75) is 51.2 Å². The molecule has 2 fully saturated rings. The molecule has 1 amide bonds. The van der Waals surface area contributed by atoms with Crippen molar-refractivity contribution in [3.8, 4) is 6.01 Å². The lowest BCUT2D eigenvalue weighted by Crippen LogP contribution is -2.57. The average Bonchev–Trinajstić information content (AvgIpc) is 3.08. The number of hydrogen-bond donors (Lipinski definition) is 0. The average molecular weight is 650 g/mol. The Kier molecular flexibility index (Phi) is 9.57. The van der Waals surface area contributed by atoms with Crippen molar-refractivity contribution in [1.29, 1.82) is 0 Å². The van der Waals surface area contributed by atoms with Gasteiger partial charge in [-0.1, -0.05) is 42.8 Å². The maximum Gasteiger partial charge on any atom is 0.318 e. The standard InChI is InChI=1S/C34H38ClF2N7O2/c1-22(41-13-5-4-6-14-41)21-46-34-39-28-20-42(29-9-7-8-24-10-11-27(37)31(35)30(24)29)15-12-26(28)32(40-34)43-16-17-44(33(45)23(2)36)25(19-43)18-38-3/h7-11,22,25H,2,4-6,12-21H2,1H3/t22?,25-/m0/s1. The number of aromatic nitrogens is 2. The molecule has 2 aromatic carbocycles. The van der Waals surface area contributed by atoms with Gasteiger partial charge in [-0.3, -0.25) is 9.69 Å². The highest BCUT2D eigenvalue weighted by Gasteiger charge is 2.36. The van der Waals surface area contributed by atoms with Crippen LogP contribution in [0.4, 0.5) is 20.3 Å². The van der Waals surface area contributed by atoms with Crippen LogP contribution in [-0.4, -0.2) is 90.2 Å². The molecule has 3 aliphatic rings. The number of fused-ring (bicyclic) bond motifs is 2. The first kappa shape index (κ1) is 32.0. The number of hydrogen-bond acceptors (Lipinski definition) is 7. The maximum atomic E-state index is 14.6. The number of carbonyl (C=O) groups is 1. The second-order valence-electron chi connectivity index (χ2n) is 12.3. The molecule has 9 nitrogen and oxygen atoms in total.